The molecule has 2 saturated heterocycles. The number of piperazine rings is 1. The molecule has 1 amide bonds. The van der Waals surface area contributed by atoms with Crippen molar-refractivity contribution in [3.8, 4) is 0 Å². The Bertz CT molecular complexity index is 295. The maximum absolute atomic E-state index is 12.4. The first-order valence-electron chi connectivity index (χ1n) is 7.72. The highest BCUT2D eigenvalue weighted by atomic mass is 16.5. The Morgan fingerprint density at radius 3 is 2.60 bits per heavy atom. The first kappa shape index (κ1) is 15.7. The van der Waals surface area contributed by atoms with Gasteiger partial charge in [-0.15, -0.1) is 0 Å². The van der Waals surface area contributed by atoms with Crippen LogP contribution in [0, 0.1) is 0 Å². The fraction of sp³-hybridized carbons (Fsp3) is 0.929. The zero-order valence-electron chi connectivity index (χ0n) is 12.6. The van der Waals surface area contributed by atoms with Crippen LogP contribution in [0.3, 0.4) is 0 Å². The summed E-state index contributed by atoms with van der Waals surface area (Å²) in [6, 6.07) is 0. The van der Waals surface area contributed by atoms with E-state index < -0.39 is 0 Å². The molecule has 0 saturated carbocycles. The molecule has 0 unspecified atom stereocenters. The summed E-state index contributed by atoms with van der Waals surface area (Å²) in [6.07, 6.45) is 1.07. The Hall–Kier alpha value is -0.690. The van der Waals surface area contributed by atoms with Crippen molar-refractivity contribution in [1.82, 2.24) is 20.0 Å². The number of methoxy groups -OCH3 is 1. The van der Waals surface area contributed by atoms with Gasteiger partial charge in [-0.05, 0) is 13.0 Å². The van der Waals surface area contributed by atoms with Crippen molar-refractivity contribution in [1.29, 1.82) is 0 Å². The van der Waals surface area contributed by atoms with Crippen LogP contribution in [0.15, 0.2) is 0 Å². The predicted octanol–water partition coefficient (Wildman–Crippen LogP) is -0.928. The maximum atomic E-state index is 12.4. The largest absolute Gasteiger partial charge is 0.383 e. The molecule has 0 bridgehead atoms. The minimum atomic E-state index is 0.292. The van der Waals surface area contributed by atoms with Gasteiger partial charge in [0, 0.05) is 59.5 Å². The number of carbonyl (C=O) groups is 1. The molecule has 2 aliphatic heterocycles. The Balaban J connectivity index is 1.72. The lowest BCUT2D eigenvalue weighted by molar-refractivity contribution is -0.132. The molecule has 0 aromatic carbocycles. The van der Waals surface area contributed by atoms with Gasteiger partial charge in [0.05, 0.1) is 13.2 Å². The summed E-state index contributed by atoms with van der Waals surface area (Å²) in [5.41, 5.74) is 0. The Morgan fingerprint density at radius 2 is 1.85 bits per heavy atom. The molecule has 20 heavy (non-hydrogen) atoms. The average molecular weight is 284 g/mol. The highest BCUT2D eigenvalue weighted by Crippen LogP contribution is 2.05. The number of hydrogen-bond donors (Lipinski definition) is 1. The van der Waals surface area contributed by atoms with E-state index in [9.17, 15) is 4.79 Å². The third kappa shape index (κ3) is 5.01. The molecule has 0 aliphatic carbocycles. The van der Waals surface area contributed by atoms with Crippen LogP contribution in [0.5, 0.6) is 0 Å². The highest BCUT2D eigenvalue weighted by molar-refractivity contribution is 5.78. The van der Waals surface area contributed by atoms with E-state index in [0.717, 1.165) is 71.9 Å². The molecule has 0 radical (unpaired) electrons. The normalized spacial score (nSPS) is 22.8. The van der Waals surface area contributed by atoms with E-state index in [1.807, 2.05) is 4.90 Å². The number of hydrogen-bond acceptors (Lipinski definition) is 5. The maximum Gasteiger partial charge on any atom is 0.236 e. The fourth-order valence-electron chi connectivity index (χ4n) is 2.82. The van der Waals surface area contributed by atoms with Gasteiger partial charge in [0.1, 0.15) is 0 Å². The number of nitrogens with one attached hydrogen (secondary N) is 1. The predicted molar refractivity (Wildman–Crippen MR) is 78.8 cm³/mol. The highest BCUT2D eigenvalue weighted by Gasteiger charge is 2.21. The molecular weight excluding hydrogens is 256 g/mol. The molecule has 116 valence electrons. The lowest BCUT2D eigenvalue weighted by atomic mass is 10.3. The first-order chi connectivity index (χ1) is 9.79. The Kier molecular flexibility index (Phi) is 6.72. The van der Waals surface area contributed by atoms with Gasteiger partial charge in [-0.2, -0.15) is 0 Å². The molecule has 6 heteroatoms. The second kappa shape index (κ2) is 8.56. The molecule has 0 atom stereocenters. The average Bonchev–Trinajstić information content (AvgIpc) is 2.72. The van der Waals surface area contributed by atoms with Gasteiger partial charge in [-0.25, -0.2) is 0 Å². The fourth-order valence-corrected chi connectivity index (χ4v) is 2.82. The minimum Gasteiger partial charge on any atom is -0.383 e. The second-order valence-corrected chi connectivity index (χ2v) is 5.59. The van der Waals surface area contributed by atoms with E-state index in [4.69, 9.17) is 4.74 Å². The van der Waals surface area contributed by atoms with E-state index in [2.05, 4.69) is 15.1 Å². The van der Waals surface area contributed by atoms with Crippen LogP contribution < -0.4 is 5.32 Å². The van der Waals surface area contributed by atoms with Crippen LogP contribution in [0.1, 0.15) is 6.42 Å². The molecule has 6 nitrogen and oxygen atoms in total. The third-order valence-corrected chi connectivity index (χ3v) is 4.12. The van der Waals surface area contributed by atoms with Crippen LogP contribution >= 0.6 is 0 Å². The summed E-state index contributed by atoms with van der Waals surface area (Å²) in [6.45, 7) is 10.1. The van der Waals surface area contributed by atoms with Crippen molar-refractivity contribution in [2.24, 2.45) is 0 Å². The SMILES string of the molecule is COCCN1CCCN(C(=O)CN2CCNCC2)CC1. The summed E-state index contributed by atoms with van der Waals surface area (Å²) in [4.78, 5) is 19.0. The first-order valence-corrected chi connectivity index (χ1v) is 7.72. The van der Waals surface area contributed by atoms with Crippen LogP contribution in [0.4, 0.5) is 0 Å². The molecule has 0 aromatic heterocycles. The number of amides is 1. The molecule has 2 fully saturated rings. The zero-order chi connectivity index (χ0) is 14.2. The zero-order valence-corrected chi connectivity index (χ0v) is 12.6. The molecule has 0 spiro atoms. The molecule has 2 heterocycles. The van der Waals surface area contributed by atoms with Gasteiger partial charge < -0.3 is 15.0 Å². The standard InChI is InChI=1S/C14H28N4O2/c1-20-12-11-16-5-2-6-18(10-9-16)14(19)13-17-7-3-15-4-8-17/h15H,2-13H2,1H3. The van der Waals surface area contributed by atoms with E-state index in [-0.39, 0.29) is 0 Å². The van der Waals surface area contributed by atoms with Gasteiger partial charge in [0.2, 0.25) is 5.91 Å². The molecule has 2 rings (SSSR count). The van der Waals surface area contributed by atoms with Crippen molar-refractivity contribution in [2.75, 3.05) is 79.2 Å². The van der Waals surface area contributed by atoms with Crippen molar-refractivity contribution < 1.29 is 9.53 Å². The number of carbonyl (C=O) groups excluding carboxylic acids is 1. The number of rotatable bonds is 5. The summed E-state index contributed by atoms with van der Waals surface area (Å²) in [5, 5.41) is 3.32. The minimum absolute atomic E-state index is 0.292. The van der Waals surface area contributed by atoms with Gasteiger partial charge in [-0.1, -0.05) is 0 Å². The summed E-state index contributed by atoms with van der Waals surface area (Å²) in [5.74, 6) is 0.292. The van der Waals surface area contributed by atoms with Gasteiger partial charge in [-0.3, -0.25) is 14.6 Å². The smallest absolute Gasteiger partial charge is 0.236 e. The lowest BCUT2D eigenvalue weighted by Gasteiger charge is -2.29. The van der Waals surface area contributed by atoms with E-state index in [1.165, 1.54) is 0 Å². The van der Waals surface area contributed by atoms with E-state index in [0.29, 0.717) is 12.5 Å². The molecule has 1 N–H and O–H groups in total. The van der Waals surface area contributed by atoms with Crippen molar-refractivity contribution >= 4 is 5.91 Å². The van der Waals surface area contributed by atoms with Gasteiger partial charge in [0.15, 0.2) is 0 Å². The lowest BCUT2D eigenvalue weighted by Crippen LogP contribution is -2.49. The van der Waals surface area contributed by atoms with Gasteiger partial charge >= 0.3 is 0 Å². The van der Waals surface area contributed by atoms with Crippen LogP contribution in [0.2, 0.25) is 0 Å². The molecular formula is C14H28N4O2. The molecule has 2 aliphatic rings. The van der Waals surface area contributed by atoms with Crippen molar-refractivity contribution in [3.63, 3.8) is 0 Å². The number of nitrogens with zero attached hydrogens (tertiary/aromatic N) is 3. The number of ether oxygens (including phenoxy) is 1. The monoisotopic (exact) mass is 284 g/mol. The van der Waals surface area contributed by atoms with E-state index in [1.54, 1.807) is 7.11 Å². The van der Waals surface area contributed by atoms with E-state index >= 15 is 0 Å². The van der Waals surface area contributed by atoms with Crippen molar-refractivity contribution in [2.45, 2.75) is 6.42 Å². The summed E-state index contributed by atoms with van der Waals surface area (Å²) in [7, 11) is 1.74. The summed E-state index contributed by atoms with van der Waals surface area (Å²) < 4.78 is 5.13. The topological polar surface area (TPSA) is 48.1 Å². The Labute approximate surface area is 122 Å². The van der Waals surface area contributed by atoms with Crippen LogP contribution in [0.25, 0.3) is 0 Å². The Morgan fingerprint density at radius 1 is 1.05 bits per heavy atom. The van der Waals surface area contributed by atoms with Crippen molar-refractivity contribution in [3.05, 3.63) is 0 Å². The third-order valence-electron chi connectivity index (χ3n) is 4.12. The van der Waals surface area contributed by atoms with Crippen LogP contribution in [-0.2, 0) is 9.53 Å². The summed E-state index contributed by atoms with van der Waals surface area (Å²) >= 11 is 0. The second-order valence-electron chi connectivity index (χ2n) is 5.59. The van der Waals surface area contributed by atoms with Gasteiger partial charge in [0.25, 0.3) is 0 Å². The van der Waals surface area contributed by atoms with Crippen LogP contribution in [-0.4, -0.2) is 99.8 Å². The molecule has 0 aromatic rings. The quantitative estimate of drug-likeness (QED) is 0.707.